The Morgan fingerprint density at radius 1 is 1.33 bits per heavy atom. The number of halogens is 1. The number of imidazole rings is 1. The molecule has 3 rings (SSSR count). The number of benzene rings is 1. The van der Waals surface area contributed by atoms with Crippen molar-refractivity contribution in [3.63, 3.8) is 0 Å². The Kier molecular flexibility index (Phi) is 3.78. The molecule has 0 fully saturated rings. The van der Waals surface area contributed by atoms with Crippen LogP contribution in [0.2, 0.25) is 0 Å². The van der Waals surface area contributed by atoms with Gasteiger partial charge in [-0.05, 0) is 18.2 Å². The van der Waals surface area contributed by atoms with Crippen LogP contribution in [0.5, 0.6) is 5.75 Å². The van der Waals surface area contributed by atoms with Crippen molar-refractivity contribution in [3.05, 3.63) is 40.9 Å². The predicted molar refractivity (Wildman–Crippen MR) is 83.6 cm³/mol. The molecule has 8 heteroatoms. The van der Waals surface area contributed by atoms with E-state index in [4.69, 9.17) is 4.74 Å². The third kappa shape index (κ3) is 2.84. The molecule has 0 unspecified atom stereocenters. The molecule has 0 atom stereocenters. The number of aromatic amines is 1. The quantitative estimate of drug-likeness (QED) is 0.559. The lowest BCUT2D eigenvalue weighted by molar-refractivity contribution is 0.414. The molecule has 2 N–H and O–H groups in total. The van der Waals surface area contributed by atoms with E-state index in [1.165, 1.54) is 6.33 Å². The zero-order valence-corrected chi connectivity index (χ0v) is 12.6. The second-order valence-corrected chi connectivity index (χ2v) is 5.00. The van der Waals surface area contributed by atoms with Crippen LogP contribution in [-0.2, 0) is 0 Å². The van der Waals surface area contributed by atoms with E-state index in [2.05, 4.69) is 46.4 Å². The van der Waals surface area contributed by atoms with Gasteiger partial charge in [0.05, 0.1) is 19.7 Å². The molecule has 0 saturated heterocycles. The molecule has 21 heavy (non-hydrogen) atoms. The lowest BCUT2D eigenvalue weighted by Gasteiger charge is -2.04. The topological polar surface area (TPSA) is 88.1 Å². The van der Waals surface area contributed by atoms with Crippen LogP contribution in [0.25, 0.3) is 11.2 Å². The molecule has 0 aliphatic heterocycles. The molecule has 0 saturated carbocycles. The van der Waals surface area contributed by atoms with Crippen LogP contribution in [0, 0.1) is 0 Å². The van der Waals surface area contributed by atoms with Crippen molar-refractivity contribution in [2.75, 3.05) is 12.5 Å². The molecular weight excluding hydrogens is 336 g/mol. The number of fused-ring (bicyclic) bond motifs is 1. The lowest BCUT2D eigenvalue weighted by Crippen LogP contribution is -1.97. The molecule has 0 spiro atoms. The fourth-order valence-corrected chi connectivity index (χ4v) is 2.20. The first-order valence-electron chi connectivity index (χ1n) is 6.04. The Balaban J connectivity index is 1.84. The SMILES string of the molecule is COc1ccc(Br)cc1C=NNc1ncnc2nc[nH]c12. The van der Waals surface area contributed by atoms with Gasteiger partial charge < -0.3 is 9.72 Å². The molecule has 106 valence electrons. The number of ether oxygens (including phenoxy) is 1. The monoisotopic (exact) mass is 346 g/mol. The van der Waals surface area contributed by atoms with Crippen molar-refractivity contribution in [2.45, 2.75) is 0 Å². The Morgan fingerprint density at radius 2 is 2.24 bits per heavy atom. The molecule has 7 nitrogen and oxygen atoms in total. The third-order valence-corrected chi connectivity index (χ3v) is 3.28. The van der Waals surface area contributed by atoms with Crippen molar-refractivity contribution in [2.24, 2.45) is 5.10 Å². The maximum atomic E-state index is 5.28. The highest BCUT2D eigenvalue weighted by Crippen LogP contribution is 2.21. The minimum atomic E-state index is 0.558. The molecule has 2 aromatic heterocycles. The van der Waals surface area contributed by atoms with E-state index >= 15 is 0 Å². The number of hydrogen-bond donors (Lipinski definition) is 2. The third-order valence-electron chi connectivity index (χ3n) is 2.79. The average molecular weight is 347 g/mol. The van der Waals surface area contributed by atoms with Gasteiger partial charge in [0.15, 0.2) is 11.5 Å². The standard InChI is InChI=1S/C13H11BrN6O/c1-21-10-3-2-9(14)4-8(10)5-19-20-13-11-12(16-6-15-11)17-7-18-13/h2-7H,1H3,(H2,15,16,17,18,20). The first-order chi connectivity index (χ1) is 10.3. The summed E-state index contributed by atoms with van der Waals surface area (Å²) in [5.74, 6) is 1.29. The van der Waals surface area contributed by atoms with Gasteiger partial charge in [0.2, 0.25) is 0 Å². The highest BCUT2D eigenvalue weighted by molar-refractivity contribution is 9.10. The Bertz CT molecular complexity index is 800. The number of anilines is 1. The van der Waals surface area contributed by atoms with Crippen LogP contribution < -0.4 is 10.2 Å². The highest BCUT2D eigenvalue weighted by atomic mass is 79.9. The number of methoxy groups -OCH3 is 1. The summed E-state index contributed by atoms with van der Waals surface area (Å²) in [6.45, 7) is 0. The number of hydrazone groups is 1. The molecule has 3 aromatic rings. The van der Waals surface area contributed by atoms with Crippen LogP contribution >= 0.6 is 15.9 Å². The van der Waals surface area contributed by atoms with E-state index in [0.717, 1.165) is 15.8 Å². The van der Waals surface area contributed by atoms with Gasteiger partial charge in [-0.3, -0.25) is 5.43 Å². The second-order valence-electron chi connectivity index (χ2n) is 4.08. The van der Waals surface area contributed by atoms with Gasteiger partial charge in [0.1, 0.15) is 17.6 Å². The minimum Gasteiger partial charge on any atom is -0.496 e. The van der Waals surface area contributed by atoms with Crippen molar-refractivity contribution >= 4 is 39.1 Å². The maximum absolute atomic E-state index is 5.28. The van der Waals surface area contributed by atoms with Crippen LogP contribution in [0.15, 0.2) is 40.4 Å². The summed E-state index contributed by atoms with van der Waals surface area (Å²) in [6, 6.07) is 5.68. The van der Waals surface area contributed by atoms with Gasteiger partial charge >= 0.3 is 0 Å². The summed E-state index contributed by atoms with van der Waals surface area (Å²) in [4.78, 5) is 15.2. The number of rotatable bonds is 4. The number of nitrogens with one attached hydrogen (secondary N) is 2. The minimum absolute atomic E-state index is 0.558. The summed E-state index contributed by atoms with van der Waals surface area (Å²) in [6.07, 6.45) is 4.65. The summed E-state index contributed by atoms with van der Waals surface area (Å²) >= 11 is 3.42. The predicted octanol–water partition coefficient (Wildman–Crippen LogP) is 2.57. The molecule has 1 aromatic carbocycles. The van der Waals surface area contributed by atoms with E-state index in [-0.39, 0.29) is 0 Å². The normalized spacial score (nSPS) is 11.1. The smallest absolute Gasteiger partial charge is 0.182 e. The Hall–Kier alpha value is -2.48. The Morgan fingerprint density at radius 3 is 3.10 bits per heavy atom. The van der Waals surface area contributed by atoms with Crippen molar-refractivity contribution in [1.82, 2.24) is 19.9 Å². The van der Waals surface area contributed by atoms with E-state index in [0.29, 0.717) is 17.0 Å². The highest BCUT2D eigenvalue weighted by Gasteiger charge is 2.04. The number of aromatic nitrogens is 4. The summed E-state index contributed by atoms with van der Waals surface area (Å²) in [5, 5.41) is 4.18. The first kappa shape index (κ1) is 13.5. The van der Waals surface area contributed by atoms with Gasteiger partial charge in [0.25, 0.3) is 0 Å². The number of hydrogen-bond acceptors (Lipinski definition) is 6. The second kappa shape index (κ2) is 5.88. The van der Waals surface area contributed by atoms with Gasteiger partial charge in [-0.25, -0.2) is 15.0 Å². The lowest BCUT2D eigenvalue weighted by atomic mass is 10.2. The molecule has 0 radical (unpaired) electrons. The number of nitrogens with zero attached hydrogens (tertiary/aromatic N) is 4. The van der Waals surface area contributed by atoms with Crippen LogP contribution in [0.3, 0.4) is 0 Å². The fourth-order valence-electron chi connectivity index (χ4n) is 1.82. The summed E-state index contributed by atoms with van der Waals surface area (Å²) in [5.41, 5.74) is 5.00. The zero-order chi connectivity index (χ0) is 14.7. The fraction of sp³-hybridized carbons (Fsp3) is 0.0769. The largest absolute Gasteiger partial charge is 0.496 e. The molecule has 0 bridgehead atoms. The summed E-state index contributed by atoms with van der Waals surface area (Å²) in [7, 11) is 1.62. The van der Waals surface area contributed by atoms with Crippen molar-refractivity contribution in [3.8, 4) is 5.75 Å². The van der Waals surface area contributed by atoms with Gasteiger partial charge in [-0.1, -0.05) is 15.9 Å². The van der Waals surface area contributed by atoms with Gasteiger partial charge in [0, 0.05) is 10.0 Å². The number of H-pyrrole nitrogens is 1. The van der Waals surface area contributed by atoms with Crippen LogP contribution in [0.1, 0.15) is 5.56 Å². The van der Waals surface area contributed by atoms with Crippen LogP contribution in [0.4, 0.5) is 5.82 Å². The van der Waals surface area contributed by atoms with E-state index in [9.17, 15) is 0 Å². The zero-order valence-electron chi connectivity index (χ0n) is 11.0. The average Bonchev–Trinajstić information content (AvgIpc) is 2.97. The summed E-state index contributed by atoms with van der Waals surface area (Å²) < 4.78 is 6.23. The van der Waals surface area contributed by atoms with E-state index in [1.54, 1.807) is 19.7 Å². The van der Waals surface area contributed by atoms with Crippen molar-refractivity contribution < 1.29 is 4.74 Å². The maximum Gasteiger partial charge on any atom is 0.182 e. The molecule has 2 heterocycles. The van der Waals surface area contributed by atoms with E-state index in [1.807, 2.05) is 18.2 Å². The molecule has 0 aliphatic carbocycles. The Labute approximate surface area is 128 Å². The van der Waals surface area contributed by atoms with Crippen LogP contribution in [-0.4, -0.2) is 33.3 Å². The first-order valence-corrected chi connectivity index (χ1v) is 6.84. The molecule has 0 aliphatic rings. The van der Waals surface area contributed by atoms with Crippen molar-refractivity contribution in [1.29, 1.82) is 0 Å². The van der Waals surface area contributed by atoms with E-state index < -0.39 is 0 Å². The van der Waals surface area contributed by atoms with Gasteiger partial charge in [-0.2, -0.15) is 5.10 Å². The molecular formula is C13H11BrN6O. The molecule has 0 amide bonds. The van der Waals surface area contributed by atoms with Gasteiger partial charge in [-0.15, -0.1) is 0 Å².